The van der Waals surface area contributed by atoms with Crippen molar-refractivity contribution in [1.82, 2.24) is 0 Å². The minimum absolute atomic E-state index is 0.0524. The summed E-state index contributed by atoms with van der Waals surface area (Å²) >= 11 is 0. The van der Waals surface area contributed by atoms with E-state index in [0.717, 1.165) is 23.1 Å². The van der Waals surface area contributed by atoms with Crippen LogP contribution in [0.15, 0.2) is 42.2 Å². The highest BCUT2D eigenvalue weighted by Gasteiger charge is 2.54. The molecule has 0 spiro atoms. The summed E-state index contributed by atoms with van der Waals surface area (Å²) in [6, 6.07) is 7.88. The number of rotatable bonds is 0. The third-order valence-electron chi connectivity index (χ3n) is 4.59. The van der Waals surface area contributed by atoms with Crippen molar-refractivity contribution in [3.63, 3.8) is 0 Å². The van der Waals surface area contributed by atoms with Crippen molar-refractivity contribution in [2.45, 2.75) is 24.4 Å². The van der Waals surface area contributed by atoms with Crippen LogP contribution in [0, 0.1) is 17.2 Å². The van der Waals surface area contributed by atoms with Gasteiger partial charge in [-0.2, -0.15) is 5.26 Å². The van der Waals surface area contributed by atoms with E-state index in [1.54, 1.807) is 18.4 Å². The Morgan fingerprint density at radius 2 is 2.32 bits per heavy atom. The predicted molar refractivity (Wildman–Crippen MR) is 69.3 cm³/mol. The maximum Gasteiger partial charge on any atom is 0.115 e. The van der Waals surface area contributed by atoms with E-state index in [2.05, 4.69) is 12.1 Å². The summed E-state index contributed by atoms with van der Waals surface area (Å²) in [4.78, 5) is 0. The van der Waals surface area contributed by atoms with Crippen LogP contribution in [0.1, 0.15) is 17.5 Å². The molecular formula is C16H13NO2. The van der Waals surface area contributed by atoms with Crippen molar-refractivity contribution < 1.29 is 9.84 Å². The molecule has 1 aliphatic heterocycles. The van der Waals surface area contributed by atoms with Crippen molar-refractivity contribution in [2.75, 3.05) is 0 Å². The van der Waals surface area contributed by atoms with Crippen LogP contribution in [0.25, 0.3) is 0 Å². The van der Waals surface area contributed by atoms with Gasteiger partial charge in [-0.1, -0.05) is 18.2 Å². The molecule has 1 heterocycles. The zero-order chi connectivity index (χ0) is 13.0. The Bertz CT molecular complexity index is 668. The highest BCUT2D eigenvalue weighted by molar-refractivity contribution is 5.53. The minimum atomic E-state index is -0.589. The molecule has 2 aliphatic carbocycles. The molecule has 1 aromatic rings. The zero-order valence-corrected chi connectivity index (χ0v) is 10.3. The van der Waals surface area contributed by atoms with Crippen LogP contribution in [-0.2, 0) is 16.6 Å². The molecule has 0 aromatic heterocycles. The third-order valence-corrected chi connectivity index (χ3v) is 4.59. The second-order valence-corrected chi connectivity index (χ2v) is 5.51. The molecular weight excluding hydrogens is 238 g/mol. The predicted octanol–water partition coefficient (Wildman–Crippen LogP) is 2.57. The molecule has 0 radical (unpaired) electrons. The topological polar surface area (TPSA) is 53.2 Å². The molecule has 3 atom stereocenters. The number of ether oxygens (including phenoxy) is 1. The SMILES string of the molecule is N#C[C@]12CC=CC3=CO[C@H](Cc4ccc(O)cc41)[C@@H]32. The fraction of sp³-hybridized carbons (Fsp3) is 0.312. The van der Waals surface area contributed by atoms with Gasteiger partial charge in [-0.05, 0) is 35.3 Å². The Hall–Kier alpha value is -2.21. The highest BCUT2D eigenvalue weighted by Crippen LogP contribution is 2.53. The van der Waals surface area contributed by atoms with Gasteiger partial charge in [0.2, 0.25) is 0 Å². The first-order valence-electron chi connectivity index (χ1n) is 6.50. The molecule has 0 bridgehead atoms. The van der Waals surface area contributed by atoms with Gasteiger partial charge in [-0.15, -0.1) is 0 Å². The van der Waals surface area contributed by atoms with Gasteiger partial charge in [0.05, 0.1) is 17.7 Å². The fourth-order valence-corrected chi connectivity index (χ4v) is 3.78. The van der Waals surface area contributed by atoms with Crippen LogP contribution < -0.4 is 0 Å². The smallest absolute Gasteiger partial charge is 0.115 e. The first-order valence-corrected chi connectivity index (χ1v) is 6.50. The van der Waals surface area contributed by atoms with E-state index in [1.807, 2.05) is 12.1 Å². The van der Waals surface area contributed by atoms with Gasteiger partial charge >= 0.3 is 0 Å². The largest absolute Gasteiger partial charge is 0.508 e. The summed E-state index contributed by atoms with van der Waals surface area (Å²) in [5.74, 6) is 0.322. The summed E-state index contributed by atoms with van der Waals surface area (Å²) in [7, 11) is 0. The Kier molecular flexibility index (Phi) is 1.92. The molecule has 0 saturated heterocycles. The van der Waals surface area contributed by atoms with Crippen LogP contribution in [0.2, 0.25) is 0 Å². The lowest BCUT2D eigenvalue weighted by molar-refractivity contribution is 0.0966. The maximum absolute atomic E-state index is 9.83. The fourth-order valence-electron chi connectivity index (χ4n) is 3.78. The number of aromatic hydroxyl groups is 1. The molecule has 3 aliphatic rings. The van der Waals surface area contributed by atoms with E-state index in [0.29, 0.717) is 6.42 Å². The normalized spacial score (nSPS) is 33.7. The van der Waals surface area contributed by atoms with Crippen LogP contribution in [0.3, 0.4) is 0 Å². The highest BCUT2D eigenvalue weighted by atomic mass is 16.5. The molecule has 3 nitrogen and oxygen atoms in total. The third kappa shape index (κ3) is 1.21. The lowest BCUT2D eigenvalue weighted by Gasteiger charge is -2.43. The second-order valence-electron chi connectivity index (χ2n) is 5.51. The molecule has 1 aromatic carbocycles. The summed E-state index contributed by atoms with van der Waals surface area (Å²) < 4.78 is 5.76. The molecule has 1 N–H and O–H groups in total. The Balaban J connectivity index is 2.01. The number of allylic oxidation sites excluding steroid dienone is 2. The summed E-state index contributed by atoms with van der Waals surface area (Å²) in [5.41, 5.74) is 2.60. The average Bonchev–Trinajstić information content (AvgIpc) is 2.85. The van der Waals surface area contributed by atoms with E-state index in [-0.39, 0.29) is 17.8 Å². The number of nitriles is 1. The molecule has 0 saturated carbocycles. The van der Waals surface area contributed by atoms with Crippen LogP contribution in [-0.4, -0.2) is 11.2 Å². The van der Waals surface area contributed by atoms with Gasteiger partial charge in [0.15, 0.2) is 0 Å². The lowest BCUT2D eigenvalue weighted by atomic mass is 9.58. The molecule has 94 valence electrons. The van der Waals surface area contributed by atoms with Gasteiger partial charge in [0.1, 0.15) is 11.9 Å². The van der Waals surface area contributed by atoms with E-state index < -0.39 is 5.41 Å². The van der Waals surface area contributed by atoms with Crippen LogP contribution >= 0.6 is 0 Å². The van der Waals surface area contributed by atoms with E-state index in [1.165, 1.54) is 0 Å². The van der Waals surface area contributed by atoms with Crippen molar-refractivity contribution in [3.8, 4) is 11.8 Å². The first kappa shape index (κ1) is 10.7. The number of benzene rings is 1. The summed E-state index contributed by atoms with van der Waals surface area (Å²) in [6.45, 7) is 0. The number of phenols is 1. The van der Waals surface area contributed by atoms with Gasteiger partial charge in [0.25, 0.3) is 0 Å². The summed E-state index contributed by atoms with van der Waals surface area (Å²) in [5, 5.41) is 19.6. The van der Waals surface area contributed by atoms with Gasteiger partial charge in [0, 0.05) is 12.3 Å². The molecule has 19 heavy (non-hydrogen) atoms. The number of hydrogen-bond donors (Lipinski definition) is 1. The Morgan fingerprint density at radius 1 is 1.42 bits per heavy atom. The van der Waals surface area contributed by atoms with Crippen molar-refractivity contribution in [3.05, 3.63) is 53.3 Å². The number of hydrogen-bond acceptors (Lipinski definition) is 3. The lowest BCUT2D eigenvalue weighted by Crippen LogP contribution is -2.46. The molecule has 0 unspecified atom stereocenters. The second kappa shape index (κ2) is 3.42. The van der Waals surface area contributed by atoms with Crippen LogP contribution in [0.5, 0.6) is 5.75 Å². The van der Waals surface area contributed by atoms with Gasteiger partial charge < -0.3 is 9.84 Å². The quantitative estimate of drug-likeness (QED) is 0.771. The first-order chi connectivity index (χ1) is 9.24. The standard InChI is InChI=1S/C16H13NO2/c17-9-16-5-1-2-11-8-19-14(15(11)16)6-10-3-4-12(18)7-13(10)16/h1-4,7-8,14-15,18H,5-6H2/t14-,15-,16-/m1/s1. The van der Waals surface area contributed by atoms with Gasteiger partial charge in [-0.3, -0.25) is 0 Å². The van der Waals surface area contributed by atoms with Gasteiger partial charge in [-0.25, -0.2) is 0 Å². The maximum atomic E-state index is 9.83. The summed E-state index contributed by atoms with van der Waals surface area (Å²) in [6.07, 6.45) is 7.43. The molecule has 4 rings (SSSR count). The van der Waals surface area contributed by atoms with Crippen molar-refractivity contribution in [1.29, 1.82) is 5.26 Å². The monoisotopic (exact) mass is 251 g/mol. The van der Waals surface area contributed by atoms with E-state index in [9.17, 15) is 10.4 Å². The molecule has 0 amide bonds. The molecule has 0 fully saturated rings. The minimum Gasteiger partial charge on any atom is -0.508 e. The van der Waals surface area contributed by atoms with Crippen LogP contribution in [0.4, 0.5) is 0 Å². The number of phenolic OH excluding ortho intramolecular Hbond substituents is 1. The van der Waals surface area contributed by atoms with Crippen molar-refractivity contribution >= 4 is 0 Å². The Labute approximate surface area is 111 Å². The van der Waals surface area contributed by atoms with E-state index >= 15 is 0 Å². The number of fused-ring (bicyclic) bond motifs is 2. The Morgan fingerprint density at radius 3 is 3.16 bits per heavy atom. The number of nitrogens with zero attached hydrogens (tertiary/aromatic N) is 1. The molecule has 3 heteroatoms. The zero-order valence-electron chi connectivity index (χ0n) is 10.3. The average molecular weight is 251 g/mol. The van der Waals surface area contributed by atoms with Crippen molar-refractivity contribution in [2.24, 2.45) is 5.92 Å². The van der Waals surface area contributed by atoms with E-state index in [4.69, 9.17) is 4.74 Å².